The molecule has 1 atom stereocenters. The van der Waals surface area contributed by atoms with Gasteiger partial charge in [0.05, 0.1) is 6.61 Å². The largest absolute Gasteiger partial charge is 0.469 e. The van der Waals surface area contributed by atoms with Gasteiger partial charge in [0.25, 0.3) is 0 Å². The van der Waals surface area contributed by atoms with Gasteiger partial charge in [0, 0.05) is 12.8 Å². The number of carbonyl (C=O) groups is 2. The number of rotatable bonds is 39. The van der Waals surface area contributed by atoms with Crippen LogP contribution in [0.2, 0.25) is 0 Å². The molecule has 0 aromatic rings. The third-order valence-corrected chi connectivity index (χ3v) is 9.51. The van der Waals surface area contributed by atoms with E-state index < -0.39 is 32.5 Å². The zero-order valence-corrected chi connectivity index (χ0v) is 35.2. The minimum Gasteiger partial charge on any atom is -0.462 e. The summed E-state index contributed by atoms with van der Waals surface area (Å²) in [4.78, 5) is 42.9. The van der Waals surface area contributed by atoms with Crippen molar-refractivity contribution in [3.63, 3.8) is 0 Å². The molecule has 2 N–H and O–H groups in total. The van der Waals surface area contributed by atoms with E-state index in [-0.39, 0.29) is 19.4 Å². The normalized spacial score (nSPS) is 13.0. The van der Waals surface area contributed by atoms with Crippen molar-refractivity contribution in [2.45, 2.75) is 200 Å². The summed E-state index contributed by atoms with van der Waals surface area (Å²) in [6.07, 6.45) is 50.9. The topological polar surface area (TPSA) is 119 Å². The Morgan fingerprint density at radius 2 is 0.889 bits per heavy atom. The van der Waals surface area contributed by atoms with Gasteiger partial charge in [0.15, 0.2) is 6.10 Å². The molecule has 0 aromatic carbocycles. The molecule has 0 rings (SSSR count). The van der Waals surface area contributed by atoms with Gasteiger partial charge in [-0.1, -0.05) is 164 Å². The smallest absolute Gasteiger partial charge is 0.462 e. The SMILES string of the molecule is CC/C=C/C/C=C/C/C=C/C/C=C/CCCCC(=O)OC[C@H](COP(=O)(O)O)OC(=O)CCCCCCCCCCCCC/C=C/CCCCCCCC. The Morgan fingerprint density at radius 3 is 1.39 bits per heavy atom. The van der Waals surface area contributed by atoms with Gasteiger partial charge in [-0.2, -0.15) is 0 Å². The second-order valence-corrected chi connectivity index (χ2v) is 15.5. The lowest BCUT2D eigenvalue weighted by Crippen LogP contribution is -2.29. The van der Waals surface area contributed by atoms with Crippen molar-refractivity contribution in [2.75, 3.05) is 13.2 Å². The zero-order valence-electron chi connectivity index (χ0n) is 34.4. The van der Waals surface area contributed by atoms with Crippen molar-refractivity contribution in [3.05, 3.63) is 60.8 Å². The van der Waals surface area contributed by atoms with Crippen LogP contribution in [0.5, 0.6) is 0 Å². The first-order valence-electron chi connectivity index (χ1n) is 21.6. The summed E-state index contributed by atoms with van der Waals surface area (Å²) in [6, 6.07) is 0. The molecule has 54 heavy (non-hydrogen) atoms. The van der Waals surface area contributed by atoms with Crippen LogP contribution in [0.4, 0.5) is 0 Å². The first-order chi connectivity index (χ1) is 26.3. The molecule has 9 heteroatoms. The van der Waals surface area contributed by atoms with Gasteiger partial charge in [0.1, 0.15) is 6.61 Å². The molecule has 0 aliphatic rings. The number of esters is 2. The number of phosphoric acid groups is 1. The van der Waals surface area contributed by atoms with Gasteiger partial charge in [-0.15, -0.1) is 0 Å². The minimum absolute atomic E-state index is 0.200. The highest BCUT2D eigenvalue weighted by molar-refractivity contribution is 7.46. The number of phosphoric ester groups is 1. The molecule has 0 saturated carbocycles. The predicted molar refractivity (Wildman–Crippen MR) is 225 cm³/mol. The maximum Gasteiger partial charge on any atom is 0.469 e. The number of unbranched alkanes of at least 4 members (excludes halogenated alkanes) is 19. The maximum absolute atomic E-state index is 12.4. The molecule has 0 radical (unpaired) electrons. The van der Waals surface area contributed by atoms with Crippen molar-refractivity contribution < 1.29 is 37.9 Å². The second kappa shape index (κ2) is 40.4. The van der Waals surface area contributed by atoms with Gasteiger partial charge >= 0.3 is 19.8 Å². The van der Waals surface area contributed by atoms with Crippen molar-refractivity contribution in [2.24, 2.45) is 0 Å². The Kier molecular flexibility index (Phi) is 38.7. The van der Waals surface area contributed by atoms with E-state index in [9.17, 15) is 14.2 Å². The highest BCUT2D eigenvalue weighted by Gasteiger charge is 2.22. The Labute approximate surface area is 330 Å². The Morgan fingerprint density at radius 1 is 0.500 bits per heavy atom. The van der Waals surface area contributed by atoms with E-state index in [4.69, 9.17) is 19.3 Å². The average molecular weight is 779 g/mol. The highest BCUT2D eigenvalue weighted by Crippen LogP contribution is 2.36. The van der Waals surface area contributed by atoms with E-state index in [1.807, 2.05) is 0 Å². The van der Waals surface area contributed by atoms with Crippen molar-refractivity contribution in [1.82, 2.24) is 0 Å². The Bertz CT molecular complexity index is 1060. The molecule has 8 nitrogen and oxygen atoms in total. The molecule has 0 aromatic heterocycles. The van der Waals surface area contributed by atoms with E-state index >= 15 is 0 Å². The number of hydrogen-bond acceptors (Lipinski definition) is 6. The summed E-state index contributed by atoms with van der Waals surface area (Å²) in [5.74, 6) is -0.935. The van der Waals surface area contributed by atoms with Crippen LogP contribution in [0.1, 0.15) is 194 Å². The molecule has 0 amide bonds. The zero-order chi connectivity index (χ0) is 39.6. The fourth-order valence-corrected chi connectivity index (χ4v) is 6.19. The second-order valence-electron chi connectivity index (χ2n) is 14.3. The molecule has 0 aliphatic carbocycles. The first kappa shape index (κ1) is 51.8. The van der Waals surface area contributed by atoms with E-state index in [1.165, 1.54) is 96.3 Å². The number of allylic oxidation sites excluding steroid dienone is 10. The fraction of sp³-hybridized carbons (Fsp3) is 0.733. The van der Waals surface area contributed by atoms with Gasteiger partial charge in [-0.05, 0) is 77.0 Å². The monoisotopic (exact) mass is 779 g/mol. The van der Waals surface area contributed by atoms with Crippen molar-refractivity contribution in [3.8, 4) is 0 Å². The molecule has 0 spiro atoms. The number of hydrogen-bond donors (Lipinski definition) is 2. The number of ether oxygens (including phenoxy) is 2. The van der Waals surface area contributed by atoms with Crippen LogP contribution in [0.25, 0.3) is 0 Å². The summed E-state index contributed by atoms with van der Waals surface area (Å²) in [6.45, 7) is 3.54. The standard InChI is InChI=1S/C45H79O8P/c1-3-5-7-9-11-13-15-17-19-20-21-22-23-24-26-28-30-32-34-36-38-40-45(47)53-43(42-52-54(48,49)50)41-51-44(46)39-37-35-33-31-29-27-25-18-16-14-12-10-8-6-4-2/h6,8,12,14,17-19,25,29,31,43H,3-5,7,9-11,13,15-16,20-24,26-28,30,32-42H2,1-2H3,(H2,48,49,50)/b8-6+,14-12+,19-17+,25-18+,31-29+/t43-/m1/s1. The lowest BCUT2D eigenvalue weighted by molar-refractivity contribution is -0.161. The Balaban J connectivity index is 3.93. The van der Waals surface area contributed by atoms with Crippen LogP contribution in [-0.2, 0) is 28.2 Å². The summed E-state index contributed by atoms with van der Waals surface area (Å²) < 4.78 is 26.4. The molecule has 0 fully saturated rings. The van der Waals surface area contributed by atoms with Crippen LogP contribution in [0.15, 0.2) is 60.8 Å². The molecule has 0 bridgehead atoms. The molecule has 0 unspecified atom stereocenters. The van der Waals surface area contributed by atoms with Gasteiger partial charge in [0.2, 0.25) is 0 Å². The summed E-state index contributed by atoms with van der Waals surface area (Å²) in [5, 5.41) is 0. The molecular formula is C45H79O8P. The predicted octanol–water partition coefficient (Wildman–Crippen LogP) is 13.3. The quantitative estimate of drug-likeness (QED) is 0.0274. The summed E-state index contributed by atoms with van der Waals surface area (Å²) >= 11 is 0. The highest BCUT2D eigenvalue weighted by atomic mass is 31.2. The van der Waals surface area contributed by atoms with Crippen molar-refractivity contribution in [1.29, 1.82) is 0 Å². The summed E-state index contributed by atoms with van der Waals surface area (Å²) in [5.41, 5.74) is 0. The van der Waals surface area contributed by atoms with Crippen LogP contribution in [0, 0.1) is 0 Å². The minimum atomic E-state index is -4.77. The molecule has 312 valence electrons. The third kappa shape index (κ3) is 42.5. The molecule has 0 heterocycles. The molecular weight excluding hydrogens is 699 g/mol. The van der Waals surface area contributed by atoms with Crippen LogP contribution < -0.4 is 0 Å². The van der Waals surface area contributed by atoms with Gasteiger partial charge in [-0.3, -0.25) is 14.1 Å². The van der Waals surface area contributed by atoms with Gasteiger partial charge < -0.3 is 19.3 Å². The van der Waals surface area contributed by atoms with Crippen LogP contribution in [-0.4, -0.2) is 41.0 Å². The lowest BCUT2D eigenvalue weighted by atomic mass is 10.0. The summed E-state index contributed by atoms with van der Waals surface area (Å²) in [7, 11) is -4.77. The first-order valence-corrected chi connectivity index (χ1v) is 23.1. The van der Waals surface area contributed by atoms with Crippen LogP contribution in [0.3, 0.4) is 0 Å². The molecule has 0 aliphatic heterocycles. The fourth-order valence-electron chi connectivity index (χ4n) is 5.83. The van der Waals surface area contributed by atoms with Crippen LogP contribution >= 0.6 is 7.82 Å². The maximum atomic E-state index is 12.4. The average Bonchev–Trinajstić information content (AvgIpc) is 3.14. The van der Waals surface area contributed by atoms with Gasteiger partial charge in [-0.25, -0.2) is 4.57 Å². The lowest BCUT2D eigenvalue weighted by Gasteiger charge is -2.18. The Hall–Kier alpha value is -2.25. The number of carbonyl (C=O) groups excluding carboxylic acids is 2. The van der Waals surface area contributed by atoms with E-state index in [1.54, 1.807) is 0 Å². The van der Waals surface area contributed by atoms with E-state index in [2.05, 4.69) is 79.1 Å². The van der Waals surface area contributed by atoms with E-state index in [0.717, 1.165) is 57.8 Å². The third-order valence-electron chi connectivity index (χ3n) is 9.02. The van der Waals surface area contributed by atoms with E-state index in [0.29, 0.717) is 12.8 Å². The van der Waals surface area contributed by atoms with Crippen molar-refractivity contribution >= 4 is 19.8 Å². The molecule has 0 saturated heterocycles.